The molecule has 4 fully saturated rings. The van der Waals surface area contributed by atoms with Gasteiger partial charge in [0.25, 0.3) is 0 Å². The molecule has 0 aromatic rings. The van der Waals surface area contributed by atoms with Crippen LogP contribution in [0.2, 0.25) is 0 Å². The number of fused-ring (bicyclic) bond motifs is 3. The highest BCUT2D eigenvalue weighted by molar-refractivity contribution is 5.22. The zero-order valence-electron chi connectivity index (χ0n) is 14.5. The minimum absolute atomic E-state index is 0.626. The maximum absolute atomic E-state index is 4.45. The summed E-state index contributed by atoms with van der Waals surface area (Å²) in [6.07, 6.45) is 14.7. The third kappa shape index (κ3) is 1.74. The molecule has 0 nitrogen and oxygen atoms in total. The molecule has 0 aromatic heterocycles. The number of hydrogen-bond donors (Lipinski definition) is 0. The molecule has 0 heterocycles. The Labute approximate surface area is 131 Å². The van der Waals surface area contributed by atoms with Gasteiger partial charge in [-0.25, -0.2) is 0 Å². The van der Waals surface area contributed by atoms with Gasteiger partial charge in [0.05, 0.1) is 0 Å². The third-order valence-corrected chi connectivity index (χ3v) is 8.99. The summed E-state index contributed by atoms with van der Waals surface area (Å²) in [4.78, 5) is 0. The Bertz CT molecular complexity index is 463. The fourth-order valence-corrected chi connectivity index (χ4v) is 7.91. The van der Waals surface area contributed by atoms with Gasteiger partial charge in [-0.05, 0) is 85.4 Å². The van der Waals surface area contributed by atoms with Crippen molar-refractivity contribution in [3.63, 3.8) is 0 Å². The van der Waals surface area contributed by atoms with Crippen LogP contribution < -0.4 is 0 Å². The predicted octanol–water partition coefficient (Wildman–Crippen LogP) is 6.37. The highest BCUT2D eigenvalue weighted by Crippen LogP contribution is 2.72. The van der Waals surface area contributed by atoms with Crippen LogP contribution in [0.15, 0.2) is 12.2 Å². The highest BCUT2D eigenvalue weighted by Gasteiger charge is 2.63. The van der Waals surface area contributed by atoms with Gasteiger partial charge in [0, 0.05) is 0 Å². The second-order valence-electron chi connectivity index (χ2n) is 9.69. The van der Waals surface area contributed by atoms with Crippen molar-refractivity contribution < 1.29 is 0 Å². The van der Waals surface area contributed by atoms with Gasteiger partial charge in [-0.3, -0.25) is 0 Å². The van der Waals surface area contributed by atoms with Gasteiger partial charge >= 0.3 is 0 Å². The van der Waals surface area contributed by atoms with Crippen LogP contribution in [0.25, 0.3) is 0 Å². The SMILES string of the molecule is C=C1C[C@@]23CCC4[C@](C)(CC)CCC[C@@]4(C)C2CC[C@@H]1C3. The zero-order valence-corrected chi connectivity index (χ0v) is 14.5. The minimum atomic E-state index is 0.626. The second kappa shape index (κ2) is 4.39. The van der Waals surface area contributed by atoms with Gasteiger partial charge in [-0.15, -0.1) is 0 Å². The Hall–Kier alpha value is -0.260. The lowest BCUT2D eigenvalue weighted by atomic mass is 9.40. The molecule has 4 rings (SSSR count). The summed E-state index contributed by atoms with van der Waals surface area (Å²) in [5.74, 6) is 2.89. The van der Waals surface area contributed by atoms with E-state index >= 15 is 0 Å². The van der Waals surface area contributed by atoms with Gasteiger partial charge in [-0.2, -0.15) is 0 Å². The van der Waals surface area contributed by atoms with E-state index in [2.05, 4.69) is 27.4 Å². The molecular weight excluding hydrogens is 252 g/mol. The first-order valence-corrected chi connectivity index (χ1v) is 9.61. The fourth-order valence-electron chi connectivity index (χ4n) is 7.91. The topological polar surface area (TPSA) is 0 Å². The van der Waals surface area contributed by atoms with Crippen molar-refractivity contribution >= 4 is 0 Å². The Kier molecular flexibility index (Phi) is 3.00. The lowest BCUT2D eigenvalue weighted by molar-refractivity contribution is -0.149. The quantitative estimate of drug-likeness (QED) is 0.492. The number of rotatable bonds is 1. The normalized spacial score (nSPS) is 56.0. The molecule has 4 saturated carbocycles. The number of allylic oxidation sites excluding steroid dienone is 1. The average molecular weight is 287 g/mol. The molecule has 0 aliphatic heterocycles. The molecule has 4 aliphatic rings. The lowest BCUT2D eigenvalue weighted by Gasteiger charge is -2.64. The molecule has 0 saturated heterocycles. The summed E-state index contributed by atoms with van der Waals surface area (Å²) < 4.78 is 0. The summed E-state index contributed by atoms with van der Waals surface area (Å²) in [6, 6.07) is 0. The molecule has 0 amide bonds. The van der Waals surface area contributed by atoms with E-state index in [-0.39, 0.29) is 0 Å². The smallest absolute Gasteiger partial charge is 0.0200 e. The molecule has 1 spiro atoms. The molecule has 6 atom stereocenters. The van der Waals surface area contributed by atoms with Crippen molar-refractivity contribution in [1.29, 1.82) is 0 Å². The summed E-state index contributed by atoms with van der Waals surface area (Å²) in [5, 5.41) is 0. The van der Waals surface area contributed by atoms with Gasteiger partial charge in [-0.1, -0.05) is 45.8 Å². The minimum Gasteiger partial charge on any atom is -0.0996 e. The largest absolute Gasteiger partial charge is 0.0996 e. The standard InChI is InChI=1S/C21H34/c1-5-19(3)10-6-11-20(4)17(19)9-12-21-13-15(2)16(14-21)7-8-18(20)21/h16-18H,2,5-14H2,1,3-4H3/t16-,17?,18?,19-,20-,21-/m1/s1. The molecule has 0 radical (unpaired) electrons. The number of hydrogen-bond acceptors (Lipinski definition) is 0. The van der Waals surface area contributed by atoms with Crippen LogP contribution in [0.1, 0.15) is 85.0 Å². The van der Waals surface area contributed by atoms with E-state index in [0.717, 1.165) is 17.8 Å². The summed E-state index contributed by atoms with van der Waals surface area (Å²) in [6.45, 7) is 12.2. The van der Waals surface area contributed by atoms with Gasteiger partial charge in [0.2, 0.25) is 0 Å². The molecule has 21 heavy (non-hydrogen) atoms. The van der Waals surface area contributed by atoms with E-state index in [1.807, 2.05) is 0 Å². The van der Waals surface area contributed by atoms with Crippen molar-refractivity contribution in [2.24, 2.45) is 34.0 Å². The summed E-state index contributed by atoms with van der Waals surface area (Å²) >= 11 is 0. The van der Waals surface area contributed by atoms with Crippen molar-refractivity contribution in [3.8, 4) is 0 Å². The maximum atomic E-state index is 4.45. The molecule has 118 valence electrons. The summed E-state index contributed by atoms with van der Waals surface area (Å²) in [5.41, 5.74) is 3.56. The zero-order chi connectivity index (χ0) is 14.9. The lowest BCUT2D eigenvalue weighted by Crippen LogP contribution is -2.56. The van der Waals surface area contributed by atoms with Gasteiger partial charge < -0.3 is 0 Å². The van der Waals surface area contributed by atoms with Crippen LogP contribution >= 0.6 is 0 Å². The van der Waals surface area contributed by atoms with E-state index in [1.165, 1.54) is 64.2 Å². The Morgan fingerprint density at radius 1 is 1.05 bits per heavy atom. The fraction of sp³-hybridized carbons (Fsp3) is 0.905. The molecule has 2 bridgehead atoms. The monoisotopic (exact) mass is 286 g/mol. The van der Waals surface area contributed by atoms with E-state index < -0.39 is 0 Å². The summed E-state index contributed by atoms with van der Waals surface area (Å²) in [7, 11) is 0. The van der Waals surface area contributed by atoms with Crippen molar-refractivity contribution in [3.05, 3.63) is 12.2 Å². The van der Waals surface area contributed by atoms with E-state index in [4.69, 9.17) is 0 Å². The van der Waals surface area contributed by atoms with Crippen LogP contribution in [0.4, 0.5) is 0 Å². The Morgan fingerprint density at radius 3 is 2.62 bits per heavy atom. The highest BCUT2D eigenvalue weighted by atomic mass is 14.7. The molecule has 2 unspecified atom stereocenters. The van der Waals surface area contributed by atoms with Gasteiger partial charge in [0.15, 0.2) is 0 Å². The second-order valence-corrected chi connectivity index (χ2v) is 9.69. The van der Waals surface area contributed by atoms with Crippen LogP contribution in [-0.4, -0.2) is 0 Å². The Morgan fingerprint density at radius 2 is 1.86 bits per heavy atom. The first-order valence-electron chi connectivity index (χ1n) is 9.61. The van der Waals surface area contributed by atoms with Gasteiger partial charge in [0.1, 0.15) is 0 Å². The van der Waals surface area contributed by atoms with Crippen molar-refractivity contribution in [2.75, 3.05) is 0 Å². The van der Waals surface area contributed by atoms with Crippen LogP contribution in [-0.2, 0) is 0 Å². The van der Waals surface area contributed by atoms with Crippen LogP contribution in [0, 0.1) is 34.0 Å². The van der Waals surface area contributed by atoms with Crippen molar-refractivity contribution in [1.82, 2.24) is 0 Å². The molecule has 4 aliphatic carbocycles. The maximum Gasteiger partial charge on any atom is -0.0200 e. The van der Waals surface area contributed by atoms with Crippen LogP contribution in [0.5, 0.6) is 0 Å². The average Bonchev–Trinajstić information content (AvgIpc) is 2.68. The van der Waals surface area contributed by atoms with E-state index in [9.17, 15) is 0 Å². The molecule has 0 N–H and O–H groups in total. The van der Waals surface area contributed by atoms with E-state index in [1.54, 1.807) is 5.57 Å². The third-order valence-electron chi connectivity index (χ3n) is 8.99. The Balaban J connectivity index is 1.73. The van der Waals surface area contributed by atoms with Crippen molar-refractivity contribution in [2.45, 2.75) is 85.0 Å². The first kappa shape index (κ1) is 14.3. The van der Waals surface area contributed by atoms with Crippen LogP contribution in [0.3, 0.4) is 0 Å². The van der Waals surface area contributed by atoms with E-state index in [0.29, 0.717) is 16.2 Å². The molecular formula is C21H34. The molecule has 0 heteroatoms. The molecule has 0 aromatic carbocycles. The first-order chi connectivity index (χ1) is 9.94. The predicted molar refractivity (Wildman–Crippen MR) is 90.1 cm³/mol.